The number of nitrogens with two attached hydrogens (primary N) is 1. The Kier molecular flexibility index (Phi) is 6.62. The standard InChI is InChI=1S/C14H24N4OS/c1-5-18(6-2)8-7-17-14-13(19-10(3)4)12(16)11(9-15)20-14/h10,17H,5-8,16H2,1-4H3. The first-order chi connectivity index (χ1) is 9.53. The van der Waals surface area contributed by atoms with Crippen LogP contribution in [0.15, 0.2) is 0 Å². The van der Waals surface area contributed by atoms with Crippen molar-refractivity contribution in [2.45, 2.75) is 33.8 Å². The summed E-state index contributed by atoms with van der Waals surface area (Å²) >= 11 is 1.35. The normalized spacial score (nSPS) is 10.8. The molecule has 1 heterocycles. The molecule has 0 amide bonds. The van der Waals surface area contributed by atoms with Crippen LogP contribution >= 0.6 is 11.3 Å². The summed E-state index contributed by atoms with van der Waals surface area (Å²) < 4.78 is 5.73. The van der Waals surface area contributed by atoms with Gasteiger partial charge < -0.3 is 20.7 Å². The number of rotatable bonds is 8. The van der Waals surface area contributed by atoms with E-state index in [0.29, 0.717) is 16.3 Å². The lowest BCUT2D eigenvalue weighted by Crippen LogP contribution is -2.28. The van der Waals surface area contributed by atoms with Gasteiger partial charge in [0.1, 0.15) is 21.6 Å². The molecule has 0 aliphatic carbocycles. The van der Waals surface area contributed by atoms with Gasteiger partial charge in [-0.2, -0.15) is 5.26 Å². The SMILES string of the molecule is CCN(CC)CCNc1sc(C#N)c(N)c1OC(C)C. The van der Waals surface area contributed by atoms with Crippen LogP contribution in [0.25, 0.3) is 0 Å². The van der Waals surface area contributed by atoms with E-state index in [1.165, 1.54) is 11.3 Å². The second-order valence-corrected chi connectivity index (χ2v) is 5.76. The highest BCUT2D eigenvalue weighted by Gasteiger charge is 2.18. The molecule has 1 aromatic rings. The van der Waals surface area contributed by atoms with E-state index in [2.05, 4.69) is 30.1 Å². The van der Waals surface area contributed by atoms with Gasteiger partial charge in [-0.25, -0.2) is 0 Å². The topological polar surface area (TPSA) is 74.3 Å². The van der Waals surface area contributed by atoms with E-state index >= 15 is 0 Å². The number of hydrogen-bond acceptors (Lipinski definition) is 6. The average Bonchev–Trinajstić information content (AvgIpc) is 2.71. The van der Waals surface area contributed by atoms with E-state index < -0.39 is 0 Å². The molecule has 3 N–H and O–H groups in total. The van der Waals surface area contributed by atoms with Crippen LogP contribution in [0.4, 0.5) is 10.7 Å². The van der Waals surface area contributed by atoms with Gasteiger partial charge in [-0.15, -0.1) is 11.3 Å². The van der Waals surface area contributed by atoms with Gasteiger partial charge in [0.2, 0.25) is 0 Å². The number of nitrogens with zero attached hydrogens (tertiary/aromatic N) is 2. The molecule has 0 aliphatic rings. The Morgan fingerprint density at radius 2 is 2.05 bits per heavy atom. The Hall–Kier alpha value is -1.45. The van der Waals surface area contributed by atoms with Crippen LogP contribution in [-0.4, -0.2) is 37.2 Å². The molecule has 0 spiro atoms. The van der Waals surface area contributed by atoms with Crippen LogP contribution in [0.5, 0.6) is 5.75 Å². The number of anilines is 2. The molecule has 6 heteroatoms. The van der Waals surface area contributed by atoms with E-state index in [1.54, 1.807) is 0 Å². The molecule has 0 atom stereocenters. The Morgan fingerprint density at radius 1 is 1.40 bits per heavy atom. The Balaban J connectivity index is 2.76. The molecule has 0 bridgehead atoms. The van der Waals surface area contributed by atoms with Gasteiger partial charge in [0.05, 0.1) is 6.10 Å². The zero-order valence-electron chi connectivity index (χ0n) is 12.7. The average molecular weight is 296 g/mol. The maximum Gasteiger partial charge on any atom is 0.178 e. The lowest BCUT2D eigenvalue weighted by atomic mass is 10.3. The third kappa shape index (κ3) is 4.29. The highest BCUT2D eigenvalue weighted by atomic mass is 32.1. The van der Waals surface area contributed by atoms with Crippen molar-refractivity contribution in [3.8, 4) is 11.8 Å². The maximum atomic E-state index is 9.07. The Morgan fingerprint density at radius 3 is 2.55 bits per heavy atom. The summed E-state index contributed by atoms with van der Waals surface area (Å²) in [5, 5.41) is 13.3. The smallest absolute Gasteiger partial charge is 0.178 e. The number of likely N-dealkylation sites (N-methyl/N-ethyl adjacent to an activating group) is 1. The zero-order valence-corrected chi connectivity index (χ0v) is 13.5. The van der Waals surface area contributed by atoms with Crippen LogP contribution in [0, 0.1) is 11.3 Å². The lowest BCUT2D eigenvalue weighted by molar-refractivity contribution is 0.245. The van der Waals surface area contributed by atoms with Gasteiger partial charge >= 0.3 is 0 Å². The molecule has 1 rings (SSSR count). The second-order valence-electron chi connectivity index (χ2n) is 4.74. The van der Waals surface area contributed by atoms with E-state index in [9.17, 15) is 0 Å². The second kappa shape index (κ2) is 7.98. The quantitative estimate of drug-likeness (QED) is 0.771. The van der Waals surface area contributed by atoms with Crippen molar-refractivity contribution in [1.29, 1.82) is 5.26 Å². The molecule has 5 nitrogen and oxygen atoms in total. The fourth-order valence-electron chi connectivity index (χ4n) is 1.85. The third-order valence-electron chi connectivity index (χ3n) is 2.96. The molecule has 1 aromatic heterocycles. The minimum Gasteiger partial charge on any atom is -0.486 e. The molecule has 0 unspecified atom stereocenters. The summed E-state index contributed by atoms with van der Waals surface area (Å²) in [7, 11) is 0. The van der Waals surface area contributed by atoms with Gasteiger partial charge in [-0.1, -0.05) is 13.8 Å². The summed E-state index contributed by atoms with van der Waals surface area (Å²) in [5.74, 6) is 0.612. The van der Waals surface area contributed by atoms with Gasteiger partial charge in [0.25, 0.3) is 0 Å². The van der Waals surface area contributed by atoms with Crippen LogP contribution in [-0.2, 0) is 0 Å². The lowest BCUT2D eigenvalue weighted by Gasteiger charge is -2.18. The van der Waals surface area contributed by atoms with Crippen LogP contribution < -0.4 is 15.8 Å². The van der Waals surface area contributed by atoms with Crippen molar-refractivity contribution in [2.24, 2.45) is 0 Å². The first kappa shape index (κ1) is 16.6. The molecule has 20 heavy (non-hydrogen) atoms. The van der Waals surface area contributed by atoms with Gasteiger partial charge in [0, 0.05) is 13.1 Å². The summed E-state index contributed by atoms with van der Waals surface area (Å²) in [4.78, 5) is 2.84. The highest BCUT2D eigenvalue weighted by molar-refractivity contribution is 7.17. The molecule has 0 radical (unpaired) electrons. The van der Waals surface area contributed by atoms with Crippen molar-refractivity contribution in [2.75, 3.05) is 37.2 Å². The summed E-state index contributed by atoms with van der Waals surface area (Å²) in [6, 6.07) is 2.11. The fraction of sp³-hybridized carbons (Fsp3) is 0.643. The van der Waals surface area contributed by atoms with Crippen molar-refractivity contribution >= 4 is 22.0 Å². The van der Waals surface area contributed by atoms with E-state index in [0.717, 1.165) is 31.2 Å². The van der Waals surface area contributed by atoms with Crippen LogP contribution in [0.1, 0.15) is 32.6 Å². The predicted octanol–water partition coefficient (Wildman–Crippen LogP) is 2.74. The van der Waals surface area contributed by atoms with E-state index in [1.807, 2.05) is 13.8 Å². The van der Waals surface area contributed by atoms with E-state index in [-0.39, 0.29) is 6.10 Å². The number of thiophene rings is 1. The zero-order chi connectivity index (χ0) is 15.1. The number of nitriles is 1. The summed E-state index contributed by atoms with van der Waals surface area (Å²) in [5.41, 5.74) is 6.40. The molecule has 0 saturated carbocycles. The van der Waals surface area contributed by atoms with E-state index in [4.69, 9.17) is 15.7 Å². The first-order valence-corrected chi connectivity index (χ1v) is 7.80. The Labute approximate surface area is 125 Å². The monoisotopic (exact) mass is 296 g/mol. The molecular weight excluding hydrogens is 272 g/mol. The third-order valence-corrected chi connectivity index (χ3v) is 4.01. The van der Waals surface area contributed by atoms with Crippen molar-refractivity contribution in [3.05, 3.63) is 4.88 Å². The highest BCUT2D eigenvalue weighted by Crippen LogP contribution is 2.42. The first-order valence-electron chi connectivity index (χ1n) is 6.98. The van der Waals surface area contributed by atoms with Gasteiger partial charge in [-0.3, -0.25) is 0 Å². The number of ether oxygens (including phenoxy) is 1. The Bertz CT molecular complexity index is 460. The largest absolute Gasteiger partial charge is 0.486 e. The number of hydrogen-bond donors (Lipinski definition) is 2. The maximum absolute atomic E-state index is 9.07. The molecule has 0 aliphatic heterocycles. The molecule has 0 saturated heterocycles. The van der Waals surface area contributed by atoms with Crippen LogP contribution in [0.2, 0.25) is 0 Å². The van der Waals surface area contributed by atoms with Gasteiger partial charge in [-0.05, 0) is 26.9 Å². The summed E-state index contributed by atoms with van der Waals surface area (Å²) in [6.07, 6.45) is 0.0294. The molecular formula is C14H24N4OS. The predicted molar refractivity (Wildman–Crippen MR) is 85.5 cm³/mol. The minimum absolute atomic E-state index is 0.0294. The van der Waals surface area contributed by atoms with Crippen molar-refractivity contribution in [1.82, 2.24) is 4.90 Å². The molecule has 0 fully saturated rings. The summed E-state index contributed by atoms with van der Waals surface area (Å²) in [6.45, 7) is 12.0. The number of nitrogens with one attached hydrogen (secondary N) is 1. The number of nitrogen functional groups attached to an aromatic ring is 1. The fourth-order valence-corrected chi connectivity index (χ4v) is 2.73. The van der Waals surface area contributed by atoms with Gasteiger partial charge in [0.15, 0.2) is 5.75 Å². The minimum atomic E-state index is 0.0294. The molecule has 0 aromatic carbocycles. The van der Waals surface area contributed by atoms with Crippen LogP contribution in [0.3, 0.4) is 0 Å². The van der Waals surface area contributed by atoms with Crippen molar-refractivity contribution < 1.29 is 4.74 Å². The van der Waals surface area contributed by atoms with Crippen molar-refractivity contribution in [3.63, 3.8) is 0 Å². The molecule has 112 valence electrons.